The zero-order valence-electron chi connectivity index (χ0n) is 14.2. The second-order valence-corrected chi connectivity index (χ2v) is 4.27. The summed E-state index contributed by atoms with van der Waals surface area (Å²) in [5.74, 6) is -1.58. The topological polar surface area (TPSA) is 121 Å². The molecule has 0 amide bonds. The van der Waals surface area contributed by atoms with Gasteiger partial charge in [0.1, 0.15) is 6.61 Å². The number of carbonyl (C=O) groups is 2. The second kappa shape index (κ2) is 17.1. The summed E-state index contributed by atoms with van der Waals surface area (Å²) >= 11 is 0. The lowest BCUT2D eigenvalue weighted by atomic mass is 10.3. The first-order valence-corrected chi connectivity index (χ1v) is 7.43. The van der Waals surface area contributed by atoms with Crippen molar-refractivity contribution in [3.05, 3.63) is 0 Å². The zero-order valence-corrected chi connectivity index (χ0v) is 13.2. The van der Waals surface area contributed by atoms with Crippen LogP contribution in [-0.2, 0) is 33.3 Å². The molecule has 0 unspecified atom stereocenters. The minimum Gasteiger partial charge on any atom is -0.481 e. The smallest absolute Gasteiger partial charge is 0.306 e. The number of carboxylic acid groups (broad SMARTS) is 1. The van der Waals surface area contributed by atoms with E-state index in [0.29, 0.717) is 46.2 Å². The fraction of sp³-hybridized carbons (Fsp3) is 0.857. The molecule has 0 spiro atoms. The van der Waals surface area contributed by atoms with Gasteiger partial charge < -0.3 is 33.9 Å². The number of hydrogen-bond donors (Lipinski definition) is 2. The van der Waals surface area contributed by atoms with Gasteiger partial charge in [-0.1, -0.05) is 0 Å². The van der Waals surface area contributed by atoms with E-state index < -0.39 is 11.9 Å². The van der Waals surface area contributed by atoms with Crippen LogP contribution in [0.1, 0.15) is 12.8 Å². The molecule has 136 valence electrons. The summed E-state index contributed by atoms with van der Waals surface area (Å²) in [6.07, 6.45) is -0.372. The SMILES string of the molecule is [2H]OCCOCCOCCOCCOCCOC(=O)CCC(=O)O. The molecule has 0 bridgehead atoms. The predicted molar refractivity (Wildman–Crippen MR) is 78.2 cm³/mol. The quantitative estimate of drug-likeness (QED) is 0.250. The molecular formula is C14H26O9. The molecule has 2 N–H and O–H groups in total. The zero-order chi connectivity index (χ0) is 17.9. The third-order valence-corrected chi connectivity index (χ3v) is 2.38. The molecule has 9 heteroatoms. The molecule has 0 heterocycles. The van der Waals surface area contributed by atoms with Crippen molar-refractivity contribution in [1.82, 2.24) is 0 Å². The van der Waals surface area contributed by atoms with E-state index in [2.05, 4.69) is 5.11 Å². The maximum Gasteiger partial charge on any atom is 0.306 e. The van der Waals surface area contributed by atoms with Crippen molar-refractivity contribution >= 4 is 11.9 Å². The van der Waals surface area contributed by atoms with Gasteiger partial charge in [-0.05, 0) is 0 Å². The number of ether oxygens (including phenoxy) is 5. The molecular weight excluding hydrogens is 312 g/mol. The fourth-order valence-electron chi connectivity index (χ4n) is 1.32. The summed E-state index contributed by atoms with van der Waals surface area (Å²) in [6, 6.07) is 0. The van der Waals surface area contributed by atoms with Gasteiger partial charge in [0.05, 0.1) is 72.3 Å². The van der Waals surface area contributed by atoms with Crippen LogP contribution in [0.15, 0.2) is 0 Å². The number of carbonyl (C=O) groups excluding carboxylic acids is 1. The van der Waals surface area contributed by atoms with Gasteiger partial charge in [-0.2, -0.15) is 0 Å². The Morgan fingerprint density at radius 2 is 1.22 bits per heavy atom. The molecule has 0 aliphatic rings. The molecule has 0 saturated heterocycles. The number of carboxylic acids is 1. The summed E-state index contributed by atoms with van der Waals surface area (Å²) in [6.45, 7) is 3.47. The maximum absolute atomic E-state index is 11.1. The standard InChI is InChI=1S/C14H26O9/c15-3-4-19-5-6-20-7-8-21-9-10-22-11-12-23-14(18)2-1-13(16)17/h15H,1-12H2,(H,16,17)/i15D. The Kier molecular flexibility index (Phi) is 14.7. The fourth-order valence-corrected chi connectivity index (χ4v) is 1.32. The maximum atomic E-state index is 11.1. The van der Waals surface area contributed by atoms with Gasteiger partial charge in [0.15, 0.2) is 0 Å². The van der Waals surface area contributed by atoms with E-state index in [1.165, 1.54) is 0 Å². The van der Waals surface area contributed by atoms with Crippen molar-refractivity contribution < 1.29 is 43.5 Å². The highest BCUT2D eigenvalue weighted by molar-refractivity contribution is 5.76. The summed E-state index contributed by atoms with van der Waals surface area (Å²) in [5.41, 5.74) is 0. The van der Waals surface area contributed by atoms with E-state index in [0.717, 1.165) is 0 Å². The van der Waals surface area contributed by atoms with Gasteiger partial charge in [-0.3, -0.25) is 9.59 Å². The first-order chi connectivity index (χ1) is 11.7. The minimum atomic E-state index is -1.03. The summed E-state index contributed by atoms with van der Waals surface area (Å²) < 4.78 is 32.0. The van der Waals surface area contributed by atoms with Crippen molar-refractivity contribution in [3.8, 4) is 0 Å². The van der Waals surface area contributed by atoms with E-state index in [-0.39, 0.29) is 32.7 Å². The van der Waals surface area contributed by atoms with Crippen LogP contribution in [0, 0.1) is 0 Å². The van der Waals surface area contributed by atoms with Gasteiger partial charge >= 0.3 is 11.9 Å². The highest BCUT2D eigenvalue weighted by Gasteiger charge is 2.05. The summed E-state index contributed by atoms with van der Waals surface area (Å²) in [5, 5.41) is 12.5. The van der Waals surface area contributed by atoms with Crippen LogP contribution >= 0.6 is 0 Å². The normalized spacial score (nSPS) is 11.2. The largest absolute Gasteiger partial charge is 0.481 e. The Morgan fingerprint density at radius 3 is 1.70 bits per heavy atom. The number of aliphatic hydroxyl groups is 1. The third kappa shape index (κ3) is 18.7. The van der Waals surface area contributed by atoms with Crippen molar-refractivity contribution in [2.45, 2.75) is 12.8 Å². The summed E-state index contributed by atoms with van der Waals surface area (Å²) in [7, 11) is 0. The van der Waals surface area contributed by atoms with Gasteiger partial charge in [-0.25, -0.2) is 0 Å². The Balaban J connectivity index is 3.10. The molecule has 23 heavy (non-hydrogen) atoms. The molecule has 0 aliphatic carbocycles. The van der Waals surface area contributed by atoms with Crippen LogP contribution in [0.2, 0.25) is 0 Å². The molecule has 0 rings (SSSR count). The Bertz CT molecular complexity index is 315. The van der Waals surface area contributed by atoms with Crippen molar-refractivity contribution in [2.24, 2.45) is 0 Å². The lowest BCUT2D eigenvalue weighted by molar-refractivity contribution is -0.149. The third-order valence-electron chi connectivity index (χ3n) is 2.38. The number of hydrogen-bond acceptors (Lipinski definition) is 8. The van der Waals surface area contributed by atoms with Gasteiger partial charge in [0.2, 0.25) is 1.43 Å². The first kappa shape index (κ1) is 19.8. The molecule has 9 nitrogen and oxygen atoms in total. The minimum absolute atomic E-state index is 0.0901. The van der Waals surface area contributed by atoms with Crippen molar-refractivity contribution in [3.63, 3.8) is 0 Å². The van der Waals surface area contributed by atoms with Crippen LogP contribution in [0.3, 0.4) is 0 Å². The lowest BCUT2D eigenvalue weighted by Gasteiger charge is -2.07. The number of esters is 1. The average Bonchev–Trinajstić information content (AvgIpc) is 2.56. The molecule has 0 saturated carbocycles. The molecule has 0 fully saturated rings. The molecule has 0 aromatic heterocycles. The summed E-state index contributed by atoms with van der Waals surface area (Å²) in [4.78, 5) is 21.3. The van der Waals surface area contributed by atoms with Crippen molar-refractivity contribution in [1.29, 1.82) is 1.43 Å². The molecule has 0 atom stereocenters. The lowest BCUT2D eigenvalue weighted by Crippen LogP contribution is -2.15. The van der Waals surface area contributed by atoms with Crippen LogP contribution in [0.5, 0.6) is 0 Å². The Labute approximate surface area is 136 Å². The molecule has 0 radical (unpaired) electrons. The van der Waals surface area contributed by atoms with E-state index in [4.69, 9.17) is 30.2 Å². The number of aliphatic carboxylic acids is 1. The van der Waals surface area contributed by atoms with E-state index >= 15 is 0 Å². The van der Waals surface area contributed by atoms with Crippen LogP contribution in [-0.4, -0.2) is 89.7 Å². The Morgan fingerprint density at radius 1 is 0.739 bits per heavy atom. The molecule has 0 aliphatic heterocycles. The Hall–Kier alpha value is -1.26. The van der Waals surface area contributed by atoms with Crippen molar-refractivity contribution in [2.75, 3.05) is 66.1 Å². The second-order valence-electron chi connectivity index (χ2n) is 4.27. The highest BCUT2D eigenvalue weighted by Crippen LogP contribution is 1.93. The number of rotatable bonds is 18. The molecule has 0 aromatic rings. The van der Waals surface area contributed by atoms with Gasteiger partial charge in [-0.15, -0.1) is 0 Å². The number of aliphatic hydroxyl groups excluding tert-OH is 1. The van der Waals surface area contributed by atoms with Gasteiger partial charge in [0, 0.05) is 0 Å². The average molecular weight is 339 g/mol. The van der Waals surface area contributed by atoms with Crippen LogP contribution < -0.4 is 0 Å². The van der Waals surface area contributed by atoms with Gasteiger partial charge in [0.25, 0.3) is 0 Å². The van der Waals surface area contributed by atoms with Crippen LogP contribution in [0.25, 0.3) is 0 Å². The molecule has 0 aromatic carbocycles. The van der Waals surface area contributed by atoms with Crippen LogP contribution in [0.4, 0.5) is 0 Å². The van der Waals surface area contributed by atoms with E-state index in [1.807, 2.05) is 0 Å². The monoisotopic (exact) mass is 339 g/mol. The predicted octanol–water partition coefficient (Wildman–Crippen LogP) is -0.547. The van der Waals surface area contributed by atoms with E-state index in [1.54, 1.807) is 0 Å². The highest BCUT2D eigenvalue weighted by atomic mass is 16.6. The van der Waals surface area contributed by atoms with E-state index in [9.17, 15) is 9.59 Å². The first-order valence-electron chi connectivity index (χ1n) is 7.84.